The van der Waals surface area contributed by atoms with Gasteiger partial charge in [-0.3, -0.25) is 9.69 Å². The Balaban J connectivity index is 1.64. The highest BCUT2D eigenvalue weighted by atomic mass is 16.1. The number of ketones is 1. The molecule has 138 valence electrons. The first kappa shape index (κ1) is 17.5. The molecule has 3 heterocycles. The van der Waals surface area contributed by atoms with Gasteiger partial charge in [-0.15, -0.1) is 0 Å². The number of Topliss-reactive ketones (excluding diaryl/α,β-unsaturated/α-hetero) is 1. The van der Waals surface area contributed by atoms with Crippen LogP contribution >= 0.6 is 0 Å². The molecule has 0 radical (unpaired) electrons. The lowest BCUT2D eigenvalue weighted by Gasteiger charge is -2.42. The molecule has 0 N–H and O–H groups in total. The molecular weight excluding hydrogens is 320 g/mol. The van der Waals surface area contributed by atoms with Gasteiger partial charge in [0.1, 0.15) is 5.78 Å². The Kier molecular flexibility index (Phi) is 4.74. The number of fused-ring (bicyclic) bond motifs is 2. The standard InChI is InChI=1S/C23H30N2O/c1-4-22(26)23-19(15-18-12-13-21(23)24(18)3)16-8-10-17(11-9-16)20-7-6-14-25(20)5-2/h6-11,14,18-19,21,23H,4-5,12-13,15H2,1-3H3. The molecular formula is C23H30N2O. The number of piperidine rings is 1. The molecule has 3 heteroatoms. The third kappa shape index (κ3) is 2.83. The fourth-order valence-corrected chi connectivity index (χ4v) is 5.34. The molecule has 0 saturated carbocycles. The third-order valence-corrected chi connectivity index (χ3v) is 6.79. The lowest BCUT2D eigenvalue weighted by Crippen LogP contribution is -2.48. The summed E-state index contributed by atoms with van der Waals surface area (Å²) in [6.45, 7) is 5.17. The van der Waals surface area contributed by atoms with Crippen molar-refractivity contribution in [1.29, 1.82) is 0 Å². The average molecular weight is 351 g/mol. The van der Waals surface area contributed by atoms with Crippen molar-refractivity contribution in [1.82, 2.24) is 9.47 Å². The second-order valence-electron chi connectivity index (χ2n) is 7.95. The molecule has 4 rings (SSSR count). The van der Waals surface area contributed by atoms with Gasteiger partial charge in [-0.2, -0.15) is 0 Å². The fourth-order valence-electron chi connectivity index (χ4n) is 5.34. The van der Waals surface area contributed by atoms with Crippen LogP contribution in [0.5, 0.6) is 0 Å². The molecule has 3 nitrogen and oxygen atoms in total. The van der Waals surface area contributed by atoms with Gasteiger partial charge in [0, 0.05) is 42.9 Å². The number of hydrogen-bond donors (Lipinski definition) is 0. The van der Waals surface area contributed by atoms with E-state index in [0.717, 1.165) is 13.0 Å². The predicted molar refractivity (Wildman–Crippen MR) is 106 cm³/mol. The van der Waals surface area contributed by atoms with Gasteiger partial charge < -0.3 is 4.57 Å². The minimum atomic E-state index is 0.161. The van der Waals surface area contributed by atoms with Crippen molar-refractivity contribution in [2.75, 3.05) is 7.05 Å². The number of carbonyl (C=O) groups excluding carboxylic acids is 1. The molecule has 4 unspecified atom stereocenters. The Morgan fingerprint density at radius 1 is 1.12 bits per heavy atom. The number of aryl methyl sites for hydroxylation is 1. The van der Waals surface area contributed by atoms with Gasteiger partial charge in [-0.25, -0.2) is 0 Å². The Bertz CT molecular complexity index is 776. The van der Waals surface area contributed by atoms with E-state index in [0.29, 0.717) is 30.2 Å². The summed E-state index contributed by atoms with van der Waals surface area (Å²) in [6.07, 6.45) is 6.32. The zero-order valence-corrected chi connectivity index (χ0v) is 16.2. The summed E-state index contributed by atoms with van der Waals surface area (Å²) >= 11 is 0. The smallest absolute Gasteiger partial charge is 0.137 e. The van der Waals surface area contributed by atoms with Crippen molar-refractivity contribution >= 4 is 5.78 Å². The number of hydrogen-bond acceptors (Lipinski definition) is 2. The summed E-state index contributed by atoms with van der Waals surface area (Å²) in [5, 5.41) is 0. The molecule has 0 spiro atoms. The number of aromatic nitrogens is 1. The minimum absolute atomic E-state index is 0.161. The Hall–Kier alpha value is -1.87. The maximum absolute atomic E-state index is 12.8. The van der Waals surface area contributed by atoms with E-state index >= 15 is 0 Å². The molecule has 2 bridgehead atoms. The van der Waals surface area contributed by atoms with E-state index in [1.807, 2.05) is 6.92 Å². The van der Waals surface area contributed by atoms with Crippen LogP contribution < -0.4 is 0 Å². The second-order valence-corrected chi connectivity index (χ2v) is 7.95. The highest BCUT2D eigenvalue weighted by molar-refractivity contribution is 5.83. The van der Waals surface area contributed by atoms with Crippen LogP contribution in [0.15, 0.2) is 42.6 Å². The topological polar surface area (TPSA) is 25.2 Å². The Labute approximate surface area is 157 Å². The predicted octanol–water partition coefficient (Wildman–Crippen LogP) is 4.72. The van der Waals surface area contributed by atoms with Crippen molar-refractivity contribution < 1.29 is 4.79 Å². The van der Waals surface area contributed by atoms with Crippen molar-refractivity contribution in [3.05, 3.63) is 48.2 Å². The number of nitrogens with zero attached hydrogens (tertiary/aromatic N) is 2. The second kappa shape index (κ2) is 7.03. The first-order chi connectivity index (χ1) is 12.6. The van der Waals surface area contributed by atoms with E-state index in [4.69, 9.17) is 0 Å². The normalized spacial score (nSPS) is 28.4. The van der Waals surface area contributed by atoms with Crippen LogP contribution in [0.4, 0.5) is 0 Å². The van der Waals surface area contributed by atoms with Gasteiger partial charge in [-0.1, -0.05) is 31.2 Å². The van der Waals surface area contributed by atoms with Gasteiger partial charge in [0.05, 0.1) is 0 Å². The molecule has 0 aliphatic carbocycles. The van der Waals surface area contributed by atoms with Crippen LogP contribution in [0, 0.1) is 5.92 Å². The van der Waals surface area contributed by atoms with Gasteiger partial charge >= 0.3 is 0 Å². The summed E-state index contributed by atoms with van der Waals surface area (Å²) in [6, 6.07) is 14.4. The SMILES string of the molecule is CCC(=O)C1C(c2ccc(-c3cccn3CC)cc2)CC2CCC1N2C. The van der Waals surface area contributed by atoms with Crippen molar-refractivity contribution in [2.45, 2.75) is 64.1 Å². The highest BCUT2D eigenvalue weighted by Crippen LogP contribution is 2.47. The monoisotopic (exact) mass is 350 g/mol. The van der Waals surface area contributed by atoms with Gasteiger partial charge in [0.25, 0.3) is 0 Å². The van der Waals surface area contributed by atoms with Gasteiger partial charge in [-0.05, 0) is 62.4 Å². The number of rotatable bonds is 5. The van der Waals surface area contributed by atoms with Gasteiger partial charge in [0.2, 0.25) is 0 Å². The lowest BCUT2D eigenvalue weighted by molar-refractivity contribution is -0.126. The average Bonchev–Trinajstić information content (AvgIpc) is 3.23. The molecule has 4 atom stereocenters. The highest BCUT2D eigenvalue weighted by Gasteiger charge is 2.48. The maximum atomic E-state index is 12.8. The summed E-state index contributed by atoms with van der Waals surface area (Å²) in [7, 11) is 2.22. The van der Waals surface area contributed by atoms with Crippen LogP contribution in [0.2, 0.25) is 0 Å². The molecule has 0 amide bonds. The number of carbonyl (C=O) groups is 1. The van der Waals surface area contributed by atoms with Crippen LogP contribution in [0.1, 0.15) is 51.0 Å². The van der Waals surface area contributed by atoms with E-state index in [1.54, 1.807) is 0 Å². The molecule has 2 aromatic rings. The minimum Gasteiger partial charge on any atom is -0.348 e. The number of benzene rings is 1. The Morgan fingerprint density at radius 2 is 1.88 bits per heavy atom. The Morgan fingerprint density at radius 3 is 2.58 bits per heavy atom. The summed E-state index contributed by atoms with van der Waals surface area (Å²) < 4.78 is 2.27. The summed E-state index contributed by atoms with van der Waals surface area (Å²) in [5.74, 6) is 0.980. The molecule has 2 fully saturated rings. The van der Waals surface area contributed by atoms with E-state index in [9.17, 15) is 4.79 Å². The molecule has 2 aliphatic rings. The van der Waals surface area contributed by atoms with Crippen LogP contribution in [-0.2, 0) is 11.3 Å². The molecule has 2 aliphatic heterocycles. The molecule has 26 heavy (non-hydrogen) atoms. The fraction of sp³-hybridized carbons (Fsp3) is 0.522. The quantitative estimate of drug-likeness (QED) is 0.779. The zero-order valence-electron chi connectivity index (χ0n) is 16.2. The summed E-state index contributed by atoms with van der Waals surface area (Å²) in [5.41, 5.74) is 3.87. The van der Waals surface area contributed by atoms with Crippen LogP contribution in [-0.4, -0.2) is 34.4 Å². The van der Waals surface area contributed by atoms with E-state index in [-0.39, 0.29) is 5.92 Å². The van der Waals surface area contributed by atoms with Crippen LogP contribution in [0.3, 0.4) is 0 Å². The molecule has 1 aromatic carbocycles. The van der Waals surface area contributed by atoms with Crippen molar-refractivity contribution in [2.24, 2.45) is 5.92 Å². The van der Waals surface area contributed by atoms with Crippen molar-refractivity contribution in [3.63, 3.8) is 0 Å². The maximum Gasteiger partial charge on any atom is 0.137 e. The first-order valence-electron chi connectivity index (χ1n) is 10.1. The van der Waals surface area contributed by atoms with E-state index < -0.39 is 0 Å². The van der Waals surface area contributed by atoms with E-state index in [2.05, 4.69) is 66.0 Å². The van der Waals surface area contributed by atoms with E-state index in [1.165, 1.54) is 29.7 Å². The first-order valence-corrected chi connectivity index (χ1v) is 10.1. The summed E-state index contributed by atoms with van der Waals surface area (Å²) in [4.78, 5) is 15.3. The third-order valence-electron chi connectivity index (χ3n) is 6.79. The van der Waals surface area contributed by atoms with Crippen LogP contribution in [0.25, 0.3) is 11.3 Å². The largest absolute Gasteiger partial charge is 0.348 e. The van der Waals surface area contributed by atoms with Gasteiger partial charge in [0.15, 0.2) is 0 Å². The molecule has 1 aromatic heterocycles. The lowest BCUT2D eigenvalue weighted by atomic mass is 9.73. The van der Waals surface area contributed by atoms with Crippen molar-refractivity contribution in [3.8, 4) is 11.3 Å². The zero-order chi connectivity index (χ0) is 18.3. The molecule has 2 saturated heterocycles.